The van der Waals surface area contributed by atoms with E-state index in [4.69, 9.17) is 10.5 Å². The predicted molar refractivity (Wildman–Crippen MR) is 96.9 cm³/mol. The first-order chi connectivity index (χ1) is 11.8. The Bertz CT molecular complexity index is 835. The summed E-state index contributed by atoms with van der Waals surface area (Å²) in [5.74, 6) is 1.47. The molecule has 2 aromatic carbocycles. The molecule has 122 valence electrons. The maximum absolute atomic E-state index is 6.19. The number of rotatable bonds is 4. The Kier molecular flexibility index (Phi) is 4.05. The number of hydrogen-bond acceptors (Lipinski definition) is 4. The number of aromatic nitrogens is 1. The summed E-state index contributed by atoms with van der Waals surface area (Å²) < 4.78 is 6.19. The maximum Gasteiger partial charge on any atom is 0.131 e. The largest absolute Gasteiger partial charge is 0.489 e. The molecule has 1 unspecified atom stereocenters. The van der Waals surface area contributed by atoms with E-state index in [-0.39, 0.29) is 6.10 Å². The van der Waals surface area contributed by atoms with Gasteiger partial charge in [0.15, 0.2) is 0 Å². The lowest BCUT2D eigenvalue weighted by molar-refractivity contribution is 0.198. The number of benzene rings is 2. The molecule has 1 fully saturated rings. The van der Waals surface area contributed by atoms with Crippen LogP contribution in [-0.2, 0) is 6.54 Å². The lowest BCUT2D eigenvalue weighted by Crippen LogP contribution is -2.24. The van der Waals surface area contributed by atoms with Crippen molar-refractivity contribution in [3.8, 4) is 5.75 Å². The van der Waals surface area contributed by atoms with E-state index in [2.05, 4.69) is 40.2 Å². The average Bonchev–Trinajstić information content (AvgIpc) is 3.03. The first-order valence-corrected chi connectivity index (χ1v) is 8.35. The van der Waals surface area contributed by atoms with Crippen molar-refractivity contribution in [2.75, 3.05) is 18.8 Å². The lowest BCUT2D eigenvalue weighted by Gasteiger charge is -2.17. The smallest absolute Gasteiger partial charge is 0.131 e. The number of pyridine rings is 1. The van der Waals surface area contributed by atoms with Gasteiger partial charge in [0, 0.05) is 31.2 Å². The summed E-state index contributed by atoms with van der Waals surface area (Å²) in [6.07, 6.45) is 3.03. The molecule has 0 spiro atoms. The highest BCUT2D eigenvalue weighted by Crippen LogP contribution is 2.26. The molecule has 0 bridgehead atoms. The molecule has 0 aliphatic carbocycles. The topological polar surface area (TPSA) is 51.4 Å². The number of anilines is 1. The van der Waals surface area contributed by atoms with Crippen LogP contribution in [0, 0.1) is 0 Å². The summed E-state index contributed by atoms with van der Waals surface area (Å²) in [5.41, 5.74) is 7.26. The zero-order valence-electron chi connectivity index (χ0n) is 13.6. The van der Waals surface area contributed by atoms with E-state index in [1.165, 1.54) is 5.56 Å². The summed E-state index contributed by atoms with van der Waals surface area (Å²) in [7, 11) is 0. The monoisotopic (exact) mass is 319 g/mol. The van der Waals surface area contributed by atoms with Gasteiger partial charge in [-0.3, -0.25) is 4.90 Å². The van der Waals surface area contributed by atoms with Gasteiger partial charge in [0.2, 0.25) is 0 Å². The molecule has 0 saturated carbocycles. The highest BCUT2D eigenvalue weighted by molar-refractivity contribution is 5.91. The number of likely N-dealkylation sites (tertiary alicyclic amines) is 1. The summed E-state index contributed by atoms with van der Waals surface area (Å²) in [6.45, 7) is 3.02. The van der Waals surface area contributed by atoms with Crippen molar-refractivity contribution in [2.45, 2.75) is 19.1 Å². The van der Waals surface area contributed by atoms with Gasteiger partial charge >= 0.3 is 0 Å². The van der Waals surface area contributed by atoms with Crippen molar-refractivity contribution in [3.63, 3.8) is 0 Å². The Morgan fingerprint density at radius 2 is 2.00 bits per heavy atom. The summed E-state index contributed by atoms with van der Waals surface area (Å²) >= 11 is 0. The SMILES string of the molecule is Nc1nccc2cc(OC3CCN(Cc4ccccc4)C3)ccc12. The fraction of sp³-hybridized carbons (Fsp3) is 0.250. The lowest BCUT2D eigenvalue weighted by atomic mass is 10.1. The van der Waals surface area contributed by atoms with Gasteiger partial charge < -0.3 is 10.5 Å². The van der Waals surface area contributed by atoms with Crippen LogP contribution < -0.4 is 10.5 Å². The zero-order valence-corrected chi connectivity index (χ0v) is 13.6. The third-order valence-electron chi connectivity index (χ3n) is 4.55. The molecule has 3 aromatic rings. The van der Waals surface area contributed by atoms with Crippen molar-refractivity contribution in [1.29, 1.82) is 0 Å². The fourth-order valence-corrected chi connectivity index (χ4v) is 3.32. The molecule has 1 saturated heterocycles. The van der Waals surface area contributed by atoms with Crippen molar-refractivity contribution >= 4 is 16.6 Å². The summed E-state index contributed by atoms with van der Waals surface area (Å²) in [4.78, 5) is 6.57. The van der Waals surface area contributed by atoms with E-state index in [0.717, 1.165) is 42.6 Å². The van der Waals surface area contributed by atoms with E-state index in [1.54, 1.807) is 6.20 Å². The fourth-order valence-electron chi connectivity index (χ4n) is 3.32. The highest BCUT2D eigenvalue weighted by atomic mass is 16.5. The standard InChI is InChI=1S/C20H21N3O/c21-20-19-7-6-17(12-16(19)8-10-22-20)24-18-9-11-23(14-18)13-15-4-2-1-3-5-15/h1-8,10,12,18H,9,11,13-14H2,(H2,21,22). The molecule has 24 heavy (non-hydrogen) atoms. The first kappa shape index (κ1) is 15.0. The Balaban J connectivity index is 1.41. The minimum Gasteiger partial charge on any atom is -0.489 e. The number of nitrogens with two attached hydrogens (primary N) is 1. The second kappa shape index (κ2) is 6.49. The van der Waals surface area contributed by atoms with Crippen LogP contribution in [0.4, 0.5) is 5.82 Å². The third-order valence-corrected chi connectivity index (χ3v) is 4.55. The Labute approximate surface area is 141 Å². The maximum atomic E-state index is 6.19. The molecule has 0 radical (unpaired) electrons. The van der Waals surface area contributed by atoms with Crippen LogP contribution in [0.15, 0.2) is 60.8 Å². The van der Waals surface area contributed by atoms with Crippen molar-refractivity contribution in [3.05, 3.63) is 66.4 Å². The molecule has 0 amide bonds. The molecular formula is C20H21N3O. The van der Waals surface area contributed by atoms with Gasteiger partial charge in [0.05, 0.1) is 0 Å². The molecular weight excluding hydrogens is 298 g/mol. The molecule has 4 heteroatoms. The van der Waals surface area contributed by atoms with Crippen molar-refractivity contribution < 1.29 is 4.74 Å². The molecule has 2 N–H and O–H groups in total. The summed E-state index contributed by atoms with van der Waals surface area (Å²) in [6, 6.07) is 18.6. The van der Waals surface area contributed by atoms with Crippen LogP contribution in [-0.4, -0.2) is 29.1 Å². The van der Waals surface area contributed by atoms with E-state index < -0.39 is 0 Å². The van der Waals surface area contributed by atoms with Gasteiger partial charge in [-0.2, -0.15) is 0 Å². The Morgan fingerprint density at radius 3 is 2.88 bits per heavy atom. The van der Waals surface area contributed by atoms with Crippen molar-refractivity contribution in [2.24, 2.45) is 0 Å². The van der Waals surface area contributed by atoms with Crippen LogP contribution in [0.1, 0.15) is 12.0 Å². The normalized spacial score (nSPS) is 18.1. The van der Waals surface area contributed by atoms with Gasteiger partial charge in [-0.15, -0.1) is 0 Å². The van der Waals surface area contributed by atoms with Crippen LogP contribution in [0.3, 0.4) is 0 Å². The van der Waals surface area contributed by atoms with Crippen LogP contribution in [0.2, 0.25) is 0 Å². The van der Waals surface area contributed by atoms with Crippen molar-refractivity contribution in [1.82, 2.24) is 9.88 Å². The minimum absolute atomic E-state index is 0.241. The number of hydrogen-bond donors (Lipinski definition) is 1. The van der Waals surface area contributed by atoms with Crippen LogP contribution in [0.5, 0.6) is 5.75 Å². The summed E-state index contributed by atoms with van der Waals surface area (Å²) in [5, 5.41) is 2.04. The number of nitrogens with zero attached hydrogens (tertiary/aromatic N) is 2. The van der Waals surface area contributed by atoms with Gasteiger partial charge in [-0.05, 0) is 41.6 Å². The second-order valence-corrected chi connectivity index (χ2v) is 6.33. The molecule has 1 aliphatic rings. The molecule has 1 atom stereocenters. The Hall–Kier alpha value is -2.59. The zero-order chi connectivity index (χ0) is 16.4. The minimum atomic E-state index is 0.241. The highest BCUT2D eigenvalue weighted by Gasteiger charge is 2.24. The Morgan fingerprint density at radius 1 is 1.12 bits per heavy atom. The van der Waals surface area contributed by atoms with Gasteiger partial charge in [-0.1, -0.05) is 30.3 Å². The van der Waals surface area contributed by atoms with E-state index in [1.807, 2.05) is 24.3 Å². The second-order valence-electron chi connectivity index (χ2n) is 6.33. The van der Waals surface area contributed by atoms with Gasteiger partial charge in [-0.25, -0.2) is 4.98 Å². The van der Waals surface area contributed by atoms with E-state index in [9.17, 15) is 0 Å². The third kappa shape index (κ3) is 3.19. The quantitative estimate of drug-likeness (QED) is 0.800. The van der Waals surface area contributed by atoms with Crippen LogP contribution in [0.25, 0.3) is 10.8 Å². The van der Waals surface area contributed by atoms with E-state index >= 15 is 0 Å². The van der Waals surface area contributed by atoms with Gasteiger partial charge in [0.1, 0.15) is 17.7 Å². The number of fused-ring (bicyclic) bond motifs is 1. The molecule has 4 nitrogen and oxygen atoms in total. The molecule has 1 aromatic heterocycles. The molecule has 1 aliphatic heterocycles. The van der Waals surface area contributed by atoms with Crippen LogP contribution >= 0.6 is 0 Å². The molecule has 2 heterocycles. The molecule has 4 rings (SSSR count). The average molecular weight is 319 g/mol. The number of ether oxygens (including phenoxy) is 1. The number of nitrogen functional groups attached to an aromatic ring is 1. The first-order valence-electron chi connectivity index (χ1n) is 8.35. The van der Waals surface area contributed by atoms with Gasteiger partial charge in [0.25, 0.3) is 0 Å². The predicted octanol–water partition coefficient (Wildman–Crippen LogP) is 3.47. The van der Waals surface area contributed by atoms with E-state index in [0.29, 0.717) is 5.82 Å².